The van der Waals surface area contributed by atoms with Crippen LogP contribution in [0.4, 0.5) is 0 Å². The van der Waals surface area contributed by atoms with Gasteiger partial charge in [0.15, 0.2) is 0 Å². The van der Waals surface area contributed by atoms with E-state index in [4.69, 9.17) is 4.18 Å². The van der Waals surface area contributed by atoms with Crippen LogP contribution < -0.4 is 0 Å². The first-order chi connectivity index (χ1) is 8.58. The molecule has 0 N–H and O–H groups in total. The molecule has 6 nitrogen and oxygen atoms in total. The second-order valence-corrected chi connectivity index (χ2v) is 7.99. The number of hydrogen-bond acceptors (Lipinski definition) is 6. The van der Waals surface area contributed by atoms with Crippen LogP contribution in [0.25, 0.3) is 0 Å². The average molecular weight is 312 g/mol. The Morgan fingerprint density at radius 3 is 2.26 bits per heavy atom. The first-order valence-electron chi connectivity index (χ1n) is 6.01. The van der Waals surface area contributed by atoms with Gasteiger partial charge in [-0.2, -0.15) is 16.8 Å². The molecule has 0 radical (unpaired) electrons. The Hall–Kier alpha value is -0.440. The Balaban J connectivity index is 2.52. The smallest absolute Gasteiger partial charge is 0.265 e. The number of rotatable bonds is 8. The Kier molecular flexibility index (Phi) is 5.16. The standard InChI is InChI=1S/C11H20O6S2/c1-4-10-9-11(10,17-19(3,14)15)7-5-6-8-16-18(2,12)13/h5,7,10H,4,6,8-9H2,1-3H3/b7-5+/t10-,11+/m1/s1. The van der Waals surface area contributed by atoms with E-state index in [0.717, 1.165) is 18.9 Å². The zero-order valence-electron chi connectivity index (χ0n) is 11.3. The lowest BCUT2D eigenvalue weighted by atomic mass is 10.2. The molecule has 0 spiro atoms. The first-order valence-corrected chi connectivity index (χ1v) is 9.64. The fourth-order valence-corrected chi connectivity index (χ4v) is 3.20. The van der Waals surface area contributed by atoms with Crippen molar-refractivity contribution in [3.05, 3.63) is 12.2 Å². The molecule has 19 heavy (non-hydrogen) atoms. The second kappa shape index (κ2) is 5.90. The molecule has 8 heteroatoms. The SMILES string of the molecule is CC[C@@H]1C[C@]1(/C=C/CCOS(C)(=O)=O)OS(C)(=O)=O. The Labute approximate surface area is 115 Å². The highest BCUT2D eigenvalue weighted by atomic mass is 32.2. The largest absolute Gasteiger partial charge is 0.270 e. The summed E-state index contributed by atoms with van der Waals surface area (Å²) in [5, 5.41) is 0. The fraction of sp³-hybridized carbons (Fsp3) is 0.818. The van der Waals surface area contributed by atoms with Crippen LogP contribution in [0.1, 0.15) is 26.2 Å². The summed E-state index contributed by atoms with van der Waals surface area (Å²) in [6.07, 6.45) is 7.30. The molecule has 1 saturated carbocycles. The maximum Gasteiger partial charge on any atom is 0.265 e. The lowest BCUT2D eigenvalue weighted by molar-refractivity contribution is 0.218. The second-order valence-electron chi connectivity index (χ2n) is 4.77. The van der Waals surface area contributed by atoms with Gasteiger partial charge in [0.2, 0.25) is 0 Å². The van der Waals surface area contributed by atoms with Gasteiger partial charge in [0, 0.05) is 0 Å². The van der Waals surface area contributed by atoms with Crippen molar-refractivity contribution >= 4 is 20.2 Å². The summed E-state index contributed by atoms with van der Waals surface area (Å²) in [6, 6.07) is 0. The third-order valence-corrected chi connectivity index (χ3v) is 4.09. The molecule has 0 unspecified atom stereocenters. The highest BCUT2D eigenvalue weighted by Gasteiger charge is 2.54. The minimum absolute atomic E-state index is 0.0427. The molecule has 0 saturated heterocycles. The van der Waals surface area contributed by atoms with Gasteiger partial charge >= 0.3 is 0 Å². The first kappa shape index (κ1) is 16.6. The third-order valence-electron chi connectivity index (χ3n) is 2.88. The molecule has 1 rings (SSSR count). The van der Waals surface area contributed by atoms with Crippen LogP contribution in [0.5, 0.6) is 0 Å². The van der Waals surface area contributed by atoms with Gasteiger partial charge in [-0.1, -0.05) is 25.5 Å². The quantitative estimate of drug-likeness (QED) is 0.378. The molecular weight excluding hydrogens is 292 g/mol. The summed E-state index contributed by atoms with van der Waals surface area (Å²) in [5.41, 5.74) is -0.743. The molecule has 0 aromatic heterocycles. The average Bonchev–Trinajstić information content (AvgIpc) is 2.86. The van der Waals surface area contributed by atoms with E-state index in [1.807, 2.05) is 6.92 Å². The van der Waals surface area contributed by atoms with Crippen molar-refractivity contribution in [1.29, 1.82) is 0 Å². The van der Waals surface area contributed by atoms with Gasteiger partial charge in [0.1, 0.15) is 5.60 Å². The van der Waals surface area contributed by atoms with Gasteiger partial charge in [0.05, 0.1) is 19.1 Å². The van der Waals surface area contributed by atoms with E-state index in [1.54, 1.807) is 12.2 Å². The lowest BCUT2D eigenvalue weighted by Crippen LogP contribution is -2.19. The highest BCUT2D eigenvalue weighted by Crippen LogP contribution is 2.51. The third kappa shape index (κ3) is 6.03. The van der Waals surface area contributed by atoms with Gasteiger partial charge in [0.25, 0.3) is 20.2 Å². The molecule has 0 aromatic carbocycles. The van der Waals surface area contributed by atoms with Crippen molar-refractivity contribution in [2.75, 3.05) is 19.1 Å². The Morgan fingerprint density at radius 2 is 1.84 bits per heavy atom. The van der Waals surface area contributed by atoms with E-state index in [1.165, 1.54) is 0 Å². The zero-order valence-corrected chi connectivity index (χ0v) is 13.0. The van der Waals surface area contributed by atoms with Gasteiger partial charge < -0.3 is 0 Å². The highest BCUT2D eigenvalue weighted by molar-refractivity contribution is 7.86. The minimum Gasteiger partial charge on any atom is -0.270 e. The number of hydrogen-bond donors (Lipinski definition) is 0. The topological polar surface area (TPSA) is 86.7 Å². The predicted octanol–water partition coefficient (Wildman–Crippen LogP) is 1.05. The molecule has 2 atom stereocenters. The van der Waals surface area contributed by atoms with Crippen molar-refractivity contribution < 1.29 is 25.2 Å². The van der Waals surface area contributed by atoms with Crippen molar-refractivity contribution in [3.8, 4) is 0 Å². The van der Waals surface area contributed by atoms with E-state index in [9.17, 15) is 16.8 Å². The molecule has 0 bridgehead atoms. The van der Waals surface area contributed by atoms with Gasteiger partial charge in [-0.15, -0.1) is 0 Å². The van der Waals surface area contributed by atoms with Crippen LogP contribution >= 0.6 is 0 Å². The van der Waals surface area contributed by atoms with Gasteiger partial charge in [-0.05, 0) is 18.8 Å². The summed E-state index contributed by atoms with van der Waals surface area (Å²) in [4.78, 5) is 0. The van der Waals surface area contributed by atoms with E-state index < -0.39 is 25.8 Å². The molecular formula is C11H20O6S2. The minimum atomic E-state index is -3.51. The molecule has 0 amide bonds. The molecule has 1 aliphatic rings. The van der Waals surface area contributed by atoms with Crippen molar-refractivity contribution in [1.82, 2.24) is 0 Å². The molecule has 112 valence electrons. The zero-order chi connectivity index (χ0) is 14.7. The van der Waals surface area contributed by atoms with E-state index in [2.05, 4.69) is 4.18 Å². The molecule has 0 aliphatic heterocycles. The van der Waals surface area contributed by atoms with Crippen molar-refractivity contribution in [3.63, 3.8) is 0 Å². The van der Waals surface area contributed by atoms with Crippen LogP contribution in [-0.4, -0.2) is 41.6 Å². The Morgan fingerprint density at radius 1 is 1.21 bits per heavy atom. The van der Waals surface area contributed by atoms with Crippen LogP contribution in [0.15, 0.2) is 12.2 Å². The van der Waals surface area contributed by atoms with Crippen LogP contribution in [0.2, 0.25) is 0 Å². The fourth-order valence-electron chi connectivity index (χ4n) is 1.98. The Bertz CT molecular complexity index is 534. The molecule has 1 aliphatic carbocycles. The lowest BCUT2D eigenvalue weighted by Gasteiger charge is -2.11. The van der Waals surface area contributed by atoms with Gasteiger partial charge in [-0.25, -0.2) is 0 Å². The molecule has 0 aromatic rings. The van der Waals surface area contributed by atoms with Gasteiger partial charge in [-0.3, -0.25) is 8.37 Å². The van der Waals surface area contributed by atoms with Crippen LogP contribution in [0, 0.1) is 5.92 Å². The summed E-state index contributed by atoms with van der Waals surface area (Å²) in [6.45, 7) is 2.01. The molecule has 0 heterocycles. The maximum absolute atomic E-state index is 11.2. The normalized spacial score (nSPS) is 27.8. The van der Waals surface area contributed by atoms with E-state index >= 15 is 0 Å². The predicted molar refractivity (Wildman–Crippen MR) is 71.6 cm³/mol. The summed E-state index contributed by atoms with van der Waals surface area (Å²) in [5.74, 6) is 0.189. The van der Waals surface area contributed by atoms with E-state index in [0.29, 0.717) is 12.8 Å². The van der Waals surface area contributed by atoms with Crippen LogP contribution in [-0.2, 0) is 28.6 Å². The summed E-state index contributed by atoms with van der Waals surface area (Å²) in [7, 11) is -6.94. The van der Waals surface area contributed by atoms with Crippen LogP contribution in [0.3, 0.4) is 0 Å². The maximum atomic E-state index is 11.2. The monoisotopic (exact) mass is 312 g/mol. The summed E-state index contributed by atoms with van der Waals surface area (Å²) < 4.78 is 53.6. The molecule has 1 fully saturated rings. The summed E-state index contributed by atoms with van der Waals surface area (Å²) >= 11 is 0. The van der Waals surface area contributed by atoms with Crippen molar-refractivity contribution in [2.24, 2.45) is 5.92 Å². The van der Waals surface area contributed by atoms with Crippen molar-refractivity contribution in [2.45, 2.75) is 31.8 Å². The van der Waals surface area contributed by atoms with E-state index in [-0.39, 0.29) is 12.5 Å².